The summed E-state index contributed by atoms with van der Waals surface area (Å²) in [6.07, 6.45) is 8.10. The van der Waals surface area contributed by atoms with E-state index in [1.54, 1.807) is 0 Å². The summed E-state index contributed by atoms with van der Waals surface area (Å²) in [6.45, 7) is 7.97. The van der Waals surface area contributed by atoms with Crippen LogP contribution in [0.25, 0.3) is 21.8 Å². The molecule has 3 rings (SSSR count). The van der Waals surface area contributed by atoms with Crippen LogP contribution in [0.3, 0.4) is 0 Å². The second-order valence-electron chi connectivity index (χ2n) is 7.37. The lowest BCUT2D eigenvalue weighted by molar-refractivity contribution is 0.571. The van der Waals surface area contributed by atoms with E-state index in [4.69, 9.17) is 0 Å². The van der Waals surface area contributed by atoms with Crippen LogP contribution in [0.2, 0.25) is 0 Å². The van der Waals surface area contributed by atoms with Crippen LogP contribution in [-0.2, 0) is 6.54 Å². The molecule has 0 atom stereocenters. The number of nitrogens with zero attached hydrogens (tertiary/aromatic N) is 1. The van der Waals surface area contributed by atoms with Gasteiger partial charge in [-0.2, -0.15) is 0 Å². The van der Waals surface area contributed by atoms with E-state index in [9.17, 15) is 0 Å². The standard InChI is InChI=1S/C23H31N/c1-4-5-6-7-8-11-16-24-22-13-10-9-12-20(22)21-17-19(18(2)3)14-15-23(21)24/h9-10,12-15,17-18H,4-8,11,16H2,1-3H3. The van der Waals surface area contributed by atoms with Crippen LogP contribution in [0.4, 0.5) is 0 Å². The van der Waals surface area contributed by atoms with E-state index in [1.165, 1.54) is 65.9 Å². The fraction of sp³-hybridized carbons (Fsp3) is 0.478. The summed E-state index contributed by atoms with van der Waals surface area (Å²) in [7, 11) is 0. The first kappa shape index (κ1) is 17.1. The molecule has 0 aliphatic rings. The number of aryl methyl sites for hydroxylation is 1. The summed E-state index contributed by atoms with van der Waals surface area (Å²) in [6, 6.07) is 15.9. The molecule has 0 saturated heterocycles. The molecule has 0 bridgehead atoms. The van der Waals surface area contributed by atoms with Gasteiger partial charge in [-0.05, 0) is 36.1 Å². The average Bonchev–Trinajstić information content (AvgIpc) is 2.91. The van der Waals surface area contributed by atoms with E-state index < -0.39 is 0 Å². The number of para-hydroxylation sites is 1. The highest BCUT2D eigenvalue weighted by Crippen LogP contribution is 2.31. The second-order valence-corrected chi connectivity index (χ2v) is 7.37. The van der Waals surface area contributed by atoms with Crippen molar-refractivity contribution >= 4 is 21.8 Å². The lowest BCUT2D eigenvalue weighted by atomic mass is 10.0. The summed E-state index contributed by atoms with van der Waals surface area (Å²) in [5.74, 6) is 0.579. The Hall–Kier alpha value is -1.76. The highest BCUT2D eigenvalue weighted by molar-refractivity contribution is 6.08. The molecule has 1 heterocycles. The Labute approximate surface area is 146 Å². The molecule has 1 heteroatoms. The summed E-state index contributed by atoms with van der Waals surface area (Å²) >= 11 is 0. The van der Waals surface area contributed by atoms with E-state index in [1.807, 2.05) is 0 Å². The number of aromatic nitrogens is 1. The molecule has 0 radical (unpaired) electrons. The lowest BCUT2D eigenvalue weighted by Crippen LogP contribution is -1.98. The predicted molar refractivity (Wildman–Crippen MR) is 107 cm³/mol. The molecule has 128 valence electrons. The number of unbranched alkanes of at least 4 members (excludes halogenated alkanes) is 5. The van der Waals surface area contributed by atoms with Gasteiger partial charge in [-0.25, -0.2) is 0 Å². The Bertz CT molecular complexity index is 794. The van der Waals surface area contributed by atoms with Crippen LogP contribution in [0.15, 0.2) is 42.5 Å². The predicted octanol–water partition coefficient (Wildman–Crippen LogP) is 7.28. The Kier molecular flexibility index (Phi) is 5.60. The molecule has 0 N–H and O–H groups in total. The normalized spacial score (nSPS) is 11.8. The fourth-order valence-electron chi connectivity index (χ4n) is 3.72. The van der Waals surface area contributed by atoms with Gasteiger partial charge in [0.1, 0.15) is 0 Å². The van der Waals surface area contributed by atoms with Crippen LogP contribution in [0, 0.1) is 0 Å². The molecule has 3 aromatic rings. The molecule has 2 aromatic carbocycles. The molecule has 1 nitrogen and oxygen atoms in total. The SMILES string of the molecule is CCCCCCCCn1c2ccccc2c2cc(C(C)C)ccc21. The number of benzene rings is 2. The van der Waals surface area contributed by atoms with Gasteiger partial charge in [0.15, 0.2) is 0 Å². The van der Waals surface area contributed by atoms with Crippen molar-refractivity contribution in [3.8, 4) is 0 Å². The molecule has 0 aliphatic carbocycles. The third kappa shape index (κ3) is 3.50. The van der Waals surface area contributed by atoms with Crippen molar-refractivity contribution in [1.29, 1.82) is 0 Å². The molecular weight excluding hydrogens is 290 g/mol. The van der Waals surface area contributed by atoms with Crippen molar-refractivity contribution in [1.82, 2.24) is 4.57 Å². The first-order chi connectivity index (χ1) is 11.7. The smallest absolute Gasteiger partial charge is 0.0491 e. The minimum absolute atomic E-state index is 0.579. The second kappa shape index (κ2) is 7.88. The van der Waals surface area contributed by atoms with Crippen molar-refractivity contribution in [2.75, 3.05) is 0 Å². The van der Waals surface area contributed by atoms with Gasteiger partial charge in [0.25, 0.3) is 0 Å². The molecule has 1 aromatic heterocycles. The van der Waals surface area contributed by atoms with Crippen LogP contribution in [0.1, 0.15) is 70.8 Å². The van der Waals surface area contributed by atoms with Gasteiger partial charge in [-0.1, -0.05) is 77.1 Å². The van der Waals surface area contributed by atoms with Crippen LogP contribution < -0.4 is 0 Å². The third-order valence-electron chi connectivity index (χ3n) is 5.20. The van der Waals surface area contributed by atoms with Crippen molar-refractivity contribution in [2.24, 2.45) is 0 Å². The first-order valence-corrected chi connectivity index (χ1v) is 9.73. The molecule has 0 unspecified atom stereocenters. The van der Waals surface area contributed by atoms with Crippen molar-refractivity contribution < 1.29 is 0 Å². The van der Waals surface area contributed by atoms with Crippen molar-refractivity contribution in [3.05, 3.63) is 48.0 Å². The lowest BCUT2D eigenvalue weighted by Gasteiger charge is -2.09. The van der Waals surface area contributed by atoms with Gasteiger partial charge in [0.05, 0.1) is 0 Å². The first-order valence-electron chi connectivity index (χ1n) is 9.73. The van der Waals surface area contributed by atoms with Gasteiger partial charge in [0.2, 0.25) is 0 Å². The highest BCUT2D eigenvalue weighted by atomic mass is 15.0. The Morgan fingerprint density at radius 3 is 2.29 bits per heavy atom. The fourth-order valence-corrected chi connectivity index (χ4v) is 3.72. The van der Waals surface area contributed by atoms with Gasteiger partial charge in [0, 0.05) is 28.4 Å². The van der Waals surface area contributed by atoms with Gasteiger partial charge in [-0.3, -0.25) is 0 Å². The summed E-state index contributed by atoms with van der Waals surface area (Å²) < 4.78 is 2.54. The monoisotopic (exact) mass is 321 g/mol. The van der Waals surface area contributed by atoms with E-state index in [0.717, 1.165) is 6.54 Å². The van der Waals surface area contributed by atoms with E-state index >= 15 is 0 Å². The molecule has 24 heavy (non-hydrogen) atoms. The minimum atomic E-state index is 0.579. The van der Waals surface area contributed by atoms with Gasteiger partial charge in [-0.15, -0.1) is 0 Å². The number of hydrogen-bond donors (Lipinski definition) is 0. The Morgan fingerprint density at radius 1 is 0.792 bits per heavy atom. The highest BCUT2D eigenvalue weighted by Gasteiger charge is 2.11. The van der Waals surface area contributed by atoms with E-state index in [-0.39, 0.29) is 0 Å². The molecule has 0 fully saturated rings. The maximum absolute atomic E-state index is 2.54. The minimum Gasteiger partial charge on any atom is -0.340 e. The van der Waals surface area contributed by atoms with Crippen LogP contribution in [-0.4, -0.2) is 4.57 Å². The molecule has 0 spiro atoms. The zero-order valence-corrected chi connectivity index (χ0v) is 15.5. The van der Waals surface area contributed by atoms with Crippen molar-refractivity contribution in [3.63, 3.8) is 0 Å². The molecule has 0 amide bonds. The Balaban J connectivity index is 1.88. The molecule has 0 aliphatic heterocycles. The maximum atomic E-state index is 2.54. The van der Waals surface area contributed by atoms with Crippen LogP contribution in [0.5, 0.6) is 0 Å². The third-order valence-corrected chi connectivity index (χ3v) is 5.20. The zero-order chi connectivity index (χ0) is 16.9. The van der Waals surface area contributed by atoms with E-state index in [0.29, 0.717) is 5.92 Å². The molecule has 0 saturated carbocycles. The number of hydrogen-bond acceptors (Lipinski definition) is 0. The topological polar surface area (TPSA) is 4.93 Å². The number of fused-ring (bicyclic) bond motifs is 3. The van der Waals surface area contributed by atoms with Gasteiger partial charge < -0.3 is 4.57 Å². The van der Waals surface area contributed by atoms with Crippen LogP contribution >= 0.6 is 0 Å². The van der Waals surface area contributed by atoms with Crippen molar-refractivity contribution in [2.45, 2.75) is 71.8 Å². The molecular formula is C23H31N. The summed E-state index contributed by atoms with van der Waals surface area (Å²) in [5.41, 5.74) is 4.22. The quantitative estimate of drug-likeness (QED) is 0.384. The number of rotatable bonds is 8. The Morgan fingerprint density at radius 2 is 1.50 bits per heavy atom. The summed E-state index contributed by atoms with van der Waals surface area (Å²) in [5, 5.41) is 2.82. The maximum Gasteiger partial charge on any atom is 0.0491 e. The van der Waals surface area contributed by atoms with Gasteiger partial charge >= 0.3 is 0 Å². The zero-order valence-electron chi connectivity index (χ0n) is 15.5. The largest absolute Gasteiger partial charge is 0.340 e. The van der Waals surface area contributed by atoms with E-state index in [2.05, 4.69) is 67.8 Å². The summed E-state index contributed by atoms with van der Waals surface area (Å²) in [4.78, 5) is 0. The average molecular weight is 322 g/mol.